The van der Waals surface area contributed by atoms with Crippen molar-refractivity contribution in [2.24, 2.45) is 11.8 Å². The van der Waals surface area contributed by atoms with Gasteiger partial charge in [-0.1, -0.05) is 26.0 Å². The number of piperidine rings is 1. The van der Waals surface area contributed by atoms with E-state index in [2.05, 4.69) is 13.8 Å². The molecular formula is C28H29N5O4. The number of benzene rings is 1. The maximum Gasteiger partial charge on any atom is 0.267 e. The molecule has 3 aromatic heterocycles. The van der Waals surface area contributed by atoms with E-state index in [0.29, 0.717) is 53.1 Å². The average molecular weight is 500 g/mol. The Morgan fingerprint density at radius 1 is 1.08 bits per heavy atom. The van der Waals surface area contributed by atoms with Crippen LogP contribution in [0.2, 0.25) is 0 Å². The van der Waals surface area contributed by atoms with Gasteiger partial charge in [0, 0.05) is 19.3 Å². The van der Waals surface area contributed by atoms with Crippen molar-refractivity contribution in [2.45, 2.75) is 33.7 Å². The van der Waals surface area contributed by atoms with Crippen LogP contribution in [0.4, 0.5) is 0 Å². The number of ether oxygens (including phenoxy) is 2. The molecule has 1 fully saturated rings. The van der Waals surface area contributed by atoms with E-state index < -0.39 is 0 Å². The molecule has 5 heterocycles. The number of amides is 1. The number of hydrogen-bond acceptors (Lipinski definition) is 6. The molecule has 4 aromatic rings. The van der Waals surface area contributed by atoms with Crippen molar-refractivity contribution in [3.05, 3.63) is 75.1 Å². The molecule has 2 aliphatic rings. The van der Waals surface area contributed by atoms with Crippen LogP contribution in [0.3, 0.4) is 0 Å². The van der Waals surface area contributed by atoms with Gasteiger partial charge in [-0.15, -0.1) is 0 Å². The number of fused-ring (bicyclic) bond motifs is 3. The first kappa shape index (κ1) is 23.3. The average Bonchev–Trinajstić information content (AvgIpc) is 3.33. The minimum Gasteiger partial charge on any atom is -0.454 e. The van der Waals surface area contributed by atoms with Crippen LogP contribution in [0.25, 0.3) is 16.7 Å². The Labute approximate surface area is 213 Å². The lowest BCUT2D eigenvalue weighted by atomic mass is 9.91. The molecule has 0 spiro atoms. The van der Waals surface area contributed by atoms with Crippen LogP contribution in [0, 0.1) is 24.2 Å². The van der Waals surface area contributed by atoms with E-state index in [-0.39, 0.29) is 35.9 Å². The summed E-state index contributed by atoms with van der Waals surface area (Å²) in [5.41, 5.74) is 2.57. The first-order chi connectivity index (χ1) is 17.8. The van der Waals surface area contributed by atoms with Crippen LogP contribution in [0.5, 0.6) is 11.5 Å². The van der Waals surface area contributed by atoms with Gasteiger partial charge in [0.1, 0.15) is 16.8 Å². The molecular weight excluding hydrogens is 470 g/mol. The maximum absolute atomic E-state index is 13.8. The lowest BCUT2D eigenvalue weighted by Gasteiger charge is -2.35. The Balaban J connectivity index is 1.57. The Morgan fingerprint density at radius 2 is 1.84 bits per heavy atom. The zero-order chi connectivity index (χ0) is 25.8. The second kappa shape index (κ2) is 8.76. The predicted molar refractivity (Wildman–Crippen MR) is 138 cm³/mol. The molecule has 1 saturated heterocycles. The van der Waals surface area contributed by atoms with E-state index in [1.165, 1.54) is 4.40 Å². The van der Waals surface area contributed by atoms with Gasteiger partial charge in [-0.3, -0.25) is 19.4 Å². The number of aryl methyl sites for hydroxylation is 1. The summed E-state index contributed by atoms with van der Waals surface area (Å²) in [7, 11) is 0. The molecule has 0 saturated carbocycles. The van der Waals surface area contributed by atoms with E-state index in [0.717, 1.165) is 17.5 Å². The topological polar surface area (TPSA) is 102 Å². The summed E-state index contributed by atoms with van der Waals surface area (Å²) in [4.78, 5) is 34.1. The summed E-state index contributed by atoms with van der Waals surface area (Å²) in [6, 6.07) is 10.9. The standard InChI is InChI=1S/C28H29N5O4/c1-16-9-17(2)13-31(12-16)27(34)20-11-21-26(30-25-18(3)5-4-8-32(25)28(21)35)33(24(20)29)14-19-6-7-22-23(10-19)37-15-36-22/h4-8,10-11,16-17,29H,9,12-15H2,1-3H3. The molecule has 9 nitrogen and oxygen atoms in total. The fourth-order valence-corrected chi connectivity index (χ4v) is 5.63. The van der Waals surface area contributed by atoms with E-state index >= 15 is 0 Å². The zero-order valence-electron chi connectivity index (χ0n) is 21.2. The number of rotatable bonds is 3. The highest BCUT2D eigenvalue weighted by Gasteiger charge is 2.28. The van der Waals surface area contributed by atoms with Crippen LogP contribution in [0.15, 0.2) is 47.4 Å². The molecule has 2 unspecified atom stereocenters. The van der Waals surface area contributed by atoms with Crippen molar-refractivity contribution < 1.29 is 14.3 Å². The van der Waals surface area contributed by atoms with Crippen molar-refractivity contribution in [1.29, 1.82) is 5.41 Å². The van der Waals surface area contributed by atoms with Gasteiger partial charge >= 0.3 is 0 Å². The smallest absolute Gasteiger partial charge is 0.267 e. The van der Waals surface area contributed by atoms with Crippen molar-refractivity contribution >= 4 is 22.6 Å². The Morgan fingerprint density at radius 3 is 2.62 bits per heavy atom. The first-order valence-corrected chi connectivity index (χ1v) is 12.6. The highest BCUT2D eigenvalue weighted by Crippen LogP contribution is 2.33. The molecule has 2 aliphatic heterocycles. The largest absolute Gasteiger partial charge is 0.454 e. The summed E-state index contributed by atoms with van der Waals surface area (Å²) in [5, 5.41) is 9.43. The normalized spacial score (nSPS) is 19.1. The molecule has 9 heteroatoms. The number of carbonyl (C=O) groups is 1. The SMILES string of the molecule is Cc1cccn2c(=O)c3cc(C(=O)N4CC(C)CC(C)C4)c(=N)n(Cc4ccc5c(c4)OCO5)c3nc12. The number of carbonyl (C=O) groups excluding carboxylic acids is 1. The summed E-state index contributed by atoms with van der Waals surface area (Å²) in [6.07, 6.45) is 2.75. The van der Waals surface area contributed by atoms with Crippen molar-refractivity contribution in [1.82, 2.24) is 18.9 Å². The lowest BCUT2D eigenvalue weighted by Crippen LogP contribution is -2.45. The molecule has 0 bridgehead atoms. The fourth-order valence-electron chi connectivity index (χ4n) is 5.63. The van der Waals surface area contributed by atoms with E-state index in [1.807, 2.05) is 36.1 Å². The maximum atomic E-state index is 13.8. The number of hydrogen-bond donors (Lipinski definition) is 1. The summed E-state index contributed by atoms with van der Waals surface area (Å²) >= 11 is 0. The third-order valence-electron chi connectivity index (χ3n) is 7.30. The lowest BCUT2D eigenvalue weighted by molar-refractivity contribution is 0.0620. The second-order valence-corrected chi connectivity index (χ2v) is 10.4. The molecule has 1 aromatic carbocycles. The third kappa shape index (κ3) is 3.94. The van der Waals surface area contributed by atoms with Gasteiger partial charge in [0.2, 0.25) is 6.79 Å². The predicted octanol–water partition coefficient (Wildman–Crippen LogP) is 3.33. The number of nitrogens with zero attached hydrogens (tertiary/aromatic N) is 4. The highest BCUT2D eigenvalue weighted by molar-refractivity contribution is 5.97. The monoisotopic (exact) mass is 499 g/mol. The molecule has 6 rings (SSSR count). The summed E-state index contributed by atoms with van der Waals surface area (Å²) in [6.45, 7) is 7.86. The van der Waals surface area contributed by atoms with Gasteiger partial charge in [0.15, 0.2) is 11.5 Å². The highest BCUT2D eigenvalue weighted by atomic mass is 16.7. The number of aromatic nitrogens is 3. The third-order valence-corrected chi connectivity index (χ3v) is 7.30. The number of likely N-dealkylation sites (tertiary alicyclic amines) is 1. The molecule has 2 atom stereocenters. The molecule has 0 radical (unpaired) electrons. The van der Waals surface area contributed by atoms with Crippen LogP contribution in [-0.4, -0.2) is 44.6 Å². The van der Waals surface area contributed by atoms with Crippen LogP contribution >= 0.6 is 0 Å². The second-order valence-electron chi connectivity index (χ2n) is 10.4. The number of nitrogens with one attached hydrogen (secondary N) is 1. The van der Waals surface area contributed by atoms with E-state index in [9.17, 15) is 9.59 Å². The Hall–Kier alpha value is -4.14. The van der Waals surface area contributed by atoms with E-state index in [1.54, 1.807) is 22.9 Å². The van der Waals surface area contributed by atoms with Gasteiger partial charge in [-0.05, 0) is 60.6 Å². The summed E-state index contributed by atoms with van der Waals surface area (Å²) < 4.78 is 14.1. The van der Waals surface area contributed by atoms with Gasteiger partial charge < -0.3 is 18.9 Å². The molecule has 1 amide bonds. The van der Waals surface area contributed by atoms with Gasteiger partial charge in [-0.2, -0.15) is 0 Å². The van der Waals surface area contributed by atoms with Crippen molar-refractivity contribution in [2.75, 3.05) is 19.9 Å². The molecule has 0 aliphatic carbocycles. The van der Waals surface area contributed by atoms with Crippen molar-refractivity contribution in [3.8, 4) is 11.5 Å². The van der Waals surface area contributed by atoms with Crippen molar-refractivity contribution in [3.63, 3.8) is 0 Å². The minimum atomic E-state index is -0.266. The zero-order valence-corrected chi connectivity index (χ0v) is 21.2. The van der Waals surface area contributed by atoms with Crippen LogP contribution < -0.4 is 20.5 Å². The molecule has 190 valence electrons. The van der Waals surface area contributed by atoms with Crippen LogP contribution in [0.1, 0.15) is 41.8 Å². The Kier molecular flexibility index (Phi) is 5.51. The Bertz CT molecular complexity index is 1680. The van der Waals surface area contributed by atoms with Gasteiger partial charge in [0.25, 0.3) is 11.5 Å². The molecule has 37 heavy (non-hydrogen) atoms. The van der Waals surface area contributed by atoms with E-state index in [4.69, 9.17) is 19.9 Å². The van der Waals surface area contributed by atoms with Crippen LogP contribution in [-0.2, 0) is 6.54 Å². The first-order valence-electron chi connectivity index (χ1n) is 12.6. The fraction of sp³-hybridized carbons (Fsp3) is 0.357. The van der Waals surface area contributed by atoms with Gasteiger partial charge in [-0.25, -0.2) is 4.98 Å². The quantitative estimate of drug-likeness (QED) is 0.436. The minimum absolute atomic E-state index is 0.0332. The number of pyridine rings is 2. The molecule has 1 N–H and O–H groups in total. The van der Waals surface area contributed by atoms with Gasteiger partial charge in [0.05, 0.1) is 17.5 Å². The summed E-state index contributed by atoms with van der Waals surface area (Å²) in [5.74, 6) is 1.83.